The Morgan fingerprint density at radius 3 is 1.88 bits per heavy atom. The van der Waals surface area contributed by atoms with Gasteiger partial charge in [-0.1, -0.05) is 66.6 Å². The number of hydrogen-bond acceptors (Lipinski definition) is 6. The van der Waals surface area contributed by atoms with Crippen molar-refractivity contribution >= 4 is 18.0 Å². The van der Waals surface area contributed by atoms with Crippen LogP contribution in [0.15, 0.2) is 140 Å². The van der Waals surface area contributed by atoms with Crippen molar-refractivity contribution in [2.24, 2.45) is 0 Å². The van der Waals surface area contributed by atoms with Crippen molar-refractivity contribution in [3.05, 3.63) is 140 Å². The van der Waals surface area contributed by atoms with E-state index in [0.29, 0.717) is 17.5 Å². The zero-order chi connectivity index (χ0) is 27.9. The summed E-state index contributed by atoms with van der Waals surface area (Å²) >= 11 is 0. The second-order valence-corrected chi connectivity index (χ2v) is 10.2. The Morgan fingerprint density at radius 2 is 1.19 bits per heavy atom. The number of allylic oxidation sites excluding steroid dienone is 2. The van der Waals surface area contributed by atoms with Crippen LogP contribution < -0.4 is 10.3 Å². The van der Waals surface area contributed by atoms with Crippen LogP contribution in [0.1, 0.15) is 0 Å². The Kier molecular flexibility index (Phi) is 5.78. The molecule has 0 atom stereocenters. The van der Waals surface area contributed by atoms with E-state index in [4.69, 9.17) is 15.0 Å². The predicted molar refractivity (Wildman–Crippen MR) is 169 cm³/mol. The molecular formula is C35H23BN6. The average Bonchev–Trinajstić information content (AvgIpc) is 3.09. The molecule has 42 heavy (non-hydrogen) atoms. The van der Waals surface area contributed by atoms with Gasteiger partial charge < -0.3 is 4.81 Å². The van der Waals surface area contributed by atoms with Gasteiger partial charge in [-0.05, 0) is 70.8 Å². The quantitative estimate of drug-likeness (QED) is 0.235. The fraction of sp³-hybridized carbons (Fsp3) is 0. The number of rotatable bonds is 4. The van der Waals surface area contributed by atoms with Crippen LogP contribution in [0.4, 0.5) is 5.69 Å². The van der Waals surface area contributed by atoms with Crippen LogP contribution in [0.25, 0.3) is 56.4 Å². The number of nitrogens with zero attached hydrogens (tertiary/aromatic N) is 6. The SMILES string of the molecule is C1=CB2c3ccccc3-c3c(-c4ccccc4)cc(-c4nc(-c5cccnc5)nc(-c5cccnc5)n4)cc3N2C=C1. The third kappa shape index (κ3) is 4.11. The number of benzene rings is 3. The molecule has 0 bridgehead atoms. The summed E-state index contributed by atoms with van der Waals surface area (Å²) in [6.45, 7) is 0.104. The van der Waals surface area contributed by atoms with E-state index in [2.05, 4.69) is 99.8 Å². The molecule has 3 aromatic carbocycles. The van der Waals surface area contributed by atoms with Crippen molar-refractivity contribution in [2.45, 2.75) is 0 Å². The van der Waals surface area contributed by atoms with E-state index in [1.165, 1.54) is 16.6 Å². The van der Waals surface area contributed by atoms with Gasteiger partial charge in [0, 0.05) is 52.7 Å². The fourth-order valence-electron chi connectivity index (χ4n) is 5.80. The molecule has 0 saturated carbocycles. The summed E-state index contributed by atoms with van der Waals surface area (Å²) in [5.41, 5.74) is 9.66. The van der Waals surface area contributed by atoms with Crippen molar-refractivity contribution < 1.29 is 0 Å². The molecule has 0 N–H and O–H groups in total. The Morgan fingerprint density at radius 1 is 0.548 bits per heavy atom. The highest BCUT2D eigenvalue weighted by atomic mass is 15.1. The zero-order valence-electron chi connectivity index (χ0n) is 22.5. The Hall–Kier alpha value is -5.69. The first-order valence-corrected chi connectivity index (χ1v) is 13.9. The monoisotopic (exact) mass is 538 g/mol. The van der Waals surface area contributed by atoms with Gasteiger partial charge in [0.05, 0.1) is 0 Å². The summed E-state index contributed by atoms with van der Waals surface area (Å²) in [6.07, 6.45) is 13.4. The molecule has 2 aliphatic rings. The molecular weight excluding hydrogens is 515 g/mol. The van der Waals surface area contributed by atoms with E-state index < -0.39 is 0 Å². The minimum Gasteiger partial charge on any atom is -0.383 e. The van der Waals surface area contributed by atoms with Gasteiger partial charge in [-0.25, -0.2) is 15.0 Å². The minimum atomic E-state index is 0.104. The third-order valence-electron chi connectivity index (χ3n) is 7.71. The molecule has 2 aliphatic heterocycles. The highest BCUT2D eigenvalue weighted by Crippen LogP contribution is 2.45. The lowest BCUT2D eigenvalue weighted by Gasteiger charge is -2.37. The van der Waals surface area contributed by atoms with Crippen LogP contribution in [-0.2, 0) is 0 Å². The average molecular weight is 538 g/mol. The lowest BCUT2D eigenvalue weighted by atomic mass is 9.49. The van der Waals surface area contributed by atoms with Gasteiger partial charge in [0.2, 0.25) is 0 Å². The van der Waals surface area contributed by atoms with Crippen LogP contribution in [-0.4, -0.2) is 31.8 Å². The van der Waals surface area contributed by atoms with Crippen LogP contribution in [0.2, 0.25) is 0 Å². The Bertz CT molecular complexity index is 1930. The molecule has 5 heterocycles. The van der Waals surface area contributed by atoms with E-state index in [-0.39, 0.29) is 6.85 Å². The minimum absolute atomic E-state index is 0.104. The summed E-state index contributed by atoms with van der Waals surface area (Å²) in [7, 11) is 0. The van der Waals surface area contributed by atoms with Gasteiger partial charge in [0.15, 0.2) is 17.5 Å². The maximum Gasteiger partial charge on any atom is 0.320 e. The molecule has 0 radical (unpaired) electrons. The number of fused-ring (bicyclic) bond motifs is 6. The molecule has 6 aromatic rings. The molecule has 0 saturated heterocycles. The van der Waals surface area contributed by atoms with E-state index in [1.807, 2.05) is 30.3 Å². The highest BCUT2D eigenvalue weighted by Gasteiger charge is 2.34. The summed E-state index contributed by atoms with van der Waals surface area (Å²) < 4.78 is 0. The van der Waals surface area contributed by atoms with Gasteiger partial charge in [-0.3, -0.25) is 9.97 Å². The normalized spacial score (nSPS) is 13.0. The number of hydrogen-bond donors (Lipinski definition) is 0. The summed E-state index contributed by atoms with van der Waals surface area (Å²) in [6, 6.07) is 31.4. The van der Waals surface area contributed by atoms with Gasteiger partial charge in [-0.2, -0.15) is 0 Å². The zero-order valence-corrected chi connectivity index (χ0v) is 22.5. The van der Waals surface area contributed by atoms with E-state index >= 15 is 0 Å². The summed E-state index contributed by atoms with van der Waals surface area (Å²) in [5.74, 6) is 3.97. The number of aromatic nitrogens is 5. The molecule has 0 fully saturated rings. The van der Waals surface area contributed by atoms with Crippen molar-refractivity contribution in [1.29, 1.82) is 0 Å². The van der Waals surface area contributed by atoms with Crippen LogP contribution >= 0.6 is 0 Å². The van der Waals surface area contributed by atoms with E-state index in [0.717, 1.165) is 33.5 Å². The lowest BCUT2D eigenvalue weighted by Crippen LogP contribution is -2.49. The molecule has 6 nitrogen and oxygen atoms in total. The van der Waals surface area contributed by atoms with Crippen molar-refractivity contribution in [1.82, 2.24) is 24.9 Å². The smallest absolute Gasteiger partial charge is 0.320 e. The van der Waals surface area contributed by atoms with Crippen LogP contribution in [0.3, 0.4) is 0 Å². The molecule has 0 amide bonds. The molecule has 0 spiro atoms. The van der Waals surface area contributed by atoms with Crippen molar-refractivity contribution in [3.63, 3.8) is 0 Å². The first-order valence-electron chi connectivity index (χ1n) is 13.9. The van der Waals surface area contributed by atoms with Crippen LogP contribution in [0, 0.1) is 0 Å². The fourth-order valence-corrected chi connectivity index (χ4v) is 5.80. The Labute approximate surface area is 243 Å². The second kappa shape index (κ2) is 10.1. The highest BCUT2D eigenvalue weighted by molar-refractivity contribution is 6.83. The van der Waals surface area contributed by atoms with Crippen molar-refractivity contribution in [3.8, 4) is 56.4 Å². The largest absolute Gasteiger partial charge is 0.383 e. The number of pyridine rings is 2. The van der Waals surface area contributed by atoms with Gasteiger partial charge in [0.25, 0.3) is 0 Å². The maximum absolute atomic E-state index is 5.00. The Balaban J connectivity index is 1.42. The molecule has 7 heteroatoms. The first-order chi connectivity index (χ1) is 20.8. The predicted octanol–water partition coefficient (Wildman–Crippen LogP) is 6.64. The molecule has 8 rings (SSSR count). The van der Waals surface area contributed by atoms with Crippen LogP contribution in [0.5, 0.6) is 0 Å². The lowest BCUT2D eigenvalue weighted by molar-refractivity contribution is 1.07. The molecule has 3 aromatic heterocycles. The van der Waals surface area contributed by atoms with Gasteiger partial charge in [0.1, 0.15) is 0 Å². The van der Waals surface area contributed by atoms with Gasteiger partial charge in [-0.15, -0.1) is 0 Å². The standard InChI is InChI=1S/C35H23BN6/c1-2-10-24(11-3-1)29-20-27(21-31-32(29)28-14-4-5-15-30(28)36-16-6-7-19-42(31)36)35-40-33(25-12-8-17-37-22-25)39-34(41-35)26-13-9-18-38-23-26/h1-23H. The molecule has 0 unspecified atom stereocenters. The second-order valence-electron chi connectivity index (χ2n) is 10.2. The number of anilines is 1. The van der Waals surface area contributed by atoms with E-state index in [1.54, 1.807) is 24.8 Å². The van der Waals surface area contributed by atoms with Crippen molar-refractivity contribution in [2.75, 3.05) is 4.81 Å². The maximum atomic E-state index is 5.00. The topological polar surface area (TPSA) is 67.7 Å². The molecule has 196 valence electrons. The third-order valence-corrected chi connectivity index (χ3v) is 7.71. The van der Waals surface area contributed by atoms with E-state index in [9.17, 15) is 0 Å². The summed E-state index contributed by atoms with van der Waals surface area (Å²) in [5, 5.41) is 0. The first kappa shape index (κ1) is 24.1. The molecule has 0 aliphatic carbocycles. The van der Waals surface area contributed by atoms with Gasteiger partial charge >= 0.3 is 6.85 Å². The summed E-state index contributed by atoms with van der Waals surface area (Å²) in [4.78, 5) is 25.8.